The zero-order valence-corrected chi connectivity index (χ0v) is 14.6. The minimum Gasteiger partial charge on any atom is -0.493 e. The predicted molar refractivity (Wildman–Crippen MR) is 94.0 cm³/mol. The average Bonchev–Trinajstić information content (AvgIpc) is 3.03. The van der Waals surface area contributed by atoms with Gasteiger partial charge in [0, 0.05) is 28.0 Å². The lowest BCUT2D eigenvalue weighted by molar-refractivity contribution is 0.351. The van der Waals surface area contributed by atoms with Crippen LogP contribution in [0.3, 0.4) is 0 Å². The third-order valence-corrected chi connectivity index (χ3v) is 4.35. The summed E-state index contributed by atoms with van der Waals surface area (Å²) in [6.07, 6.45) is 3.77. The fourth-order valence-electron chi connectivity index (χ4n) is 2.59. The molecule has 118 valence electrons. The van der Waals surface area contributed by atoms with Crippen LogP contribution in [0.5, 0.6) is 11.5 Å². The summed E-state index contributed by atoms with van der Waals surface area (Å²) in [5, 5.41) is 0. The molecule has 4 nitrogen and oxygen atoms in total. The molecule has 0 aliphatic heterocycles. The number of methoxy groups -OCH3 is 2. The highest BCUT2D eigenvalue weighted by molar-refractivity contribution is 9.10. The van der Waals surface area contributed by atoms with Gasteiger partial charge in [0.2, 0.25) is 0 Å². The summed E-state index contributed by atoms with van der Waals surface area (Å²) in [6, 6.07) is 13.9. The summed E-state index contributed by atoms with van der Waals surface area (Å²) in [5.41, 5.74) is 2.09. The molecule has 0 N–H and O–H groups in total. The summed E-state index contributed by atoms with van der Waals surface area (Å²) in [6.45, 7) is 0.650. The van der Waals surface area contributed by atoms with Gasteiger partial charge < -0.3 is 14.0 Å². The van der Waals surface area contributed by atoms with Gasteiger partial charge in [-0.15, -0.1) is 0 Å². The van der Waals surface area contributed by atoms with E-state index in [1.165, 1.54) is 0 Å². The zero-order valence-electron chi connectivity index (χ0n) is 13.0. The van der Waals surface area contributed by atoms with E-state index in [-0.39, 0.29) is 0 Å². The van der Waals surface area contributed by atoms with Gasteiger partial charge in [-0.1, -0.05) is 46.3 Å². The van der Waals surface area contributed by atoms with Crippen molar-refractivity contribution >= 4 is 15.9 Å². The Hall–Kier alpha value is -2.27. The first-order valence-corrected chi connectivity index (χ1v) is 7.99. The Labute approximate surface area is 143 Å². The quantitative estimate of drug-likeness (QED) is 0.666. The van der Waals surface area contributed by atoms with Gasteiger partial charge in [0.15, 0.2) is 11.5 Å². The van der Waals surface area contributed by atoms with Crippen LogP contribution in [-0.4, -0.2) is 23.8 Å². The van der Waals surface area contributed by atoms with E-state index in [0.29, 0.717) is 6.54 Å². The van der Waals surface area contributed by atoms with Crippen LogP contribution < -0.4 is 9.47 Å². The highest BCUT2D eigenvalue weighted by atomic mass is 79.9. The van der Waals surface area contributed by atoms with Crippen LogP contribution in [0.15, 0.2) is 59.3 Å². The first kappa shape index (κ1) is 15.6. The largest absolute Gasteiger partial charge is 0.493 e. The molecule has 23 heavy (non-hydrogen) atoms. The van der Waals surface area contributed by atoms with Crippen molar-refractivity contribution in [2.75, 3.05) is 14.2 Å². The Kier molecular flexibility index (Phi) is 4.67. The van der Waals surface area contributed by atoms with Crippen molar-refractivity contribution in [1.82, 2.24) is 9.55 Å². The zero-order chi connectivity index (χ0) is 16.2. The van der Waals surface area contributed by atoms with Crippen molar-refractivity contribution < 1.29 is 9.47 Å². The number of para-hydroxylation sites is 1. The molecule has 0 saturated carbocycles. The maximum Gasteiger partial charge on any atom is 0.165 e. The van der Waals surface area contributed by atoms with Crippen molar-refractivity contribution in [2.24, 2.45) is 0 Å². The Morgan fingerprint density at radius 1 is 1.04 bits per heavy atom. The van der Waals surface area contributed by atoms with Crippen LogP contribution in [0.4, 0.5) is 0 Å². The van der Waals surface area contributed by atoms with E-state index in [9.17, 15) is 0 Å². The van der Waals surface area contributed by atoms with Gasteiger partial charge in [-0.2, -0.15) is 0 Å². The highest BCUT2D eigenvalue weighted by Crippen LogP contribution is 2.33. The Balaban J connectivity index is 2.00. The lowest BCUT2D eigenvalue weighted by atomic mass is 10.1. The second-order valence-electron chi connectivity index (χ2n) is 5.01. The number of ether oxygens (including phenoxy) is 2. The van der Waals surface area contributed by atoms with E-state index in [1.807, 2.05) is 48.7 Å². The summed E-state index contributed by atoms with van der Waals surface area (Å²) in [4.78, 5) is 4.50. The minimum atomic E-state index is 0.650. The number of halogens is 1. The molecule has 0 fully saturated rings. The molecule has 2 aromatic carbocycles. The number of hydrogen-bond donors (Lipinski definition) is 0. The number of imidazole rings is 1. The second-order valence-corrected chi connectivity index (χ2v) is 5.87. The fraction of sp³-hybridized carbons (Fsp3) is 0.167. The van der Waals surface area contributed by atoms with Crippen molar-refractivity contribution in [2.45, 2.75) is 6.54 Å². The van der Waals surface area contributed by atoms with Crippen molar-refractivity contribution in [1.29, 1.82) is 0 Å². The number of nitrogens with zero attached hydrogens (tertiary/aromatic N) is 2. The van der Waals surface area contributed by atoms with Crippen molar-refractivity contribution in [3.63, 3.8) is 0 Å². The fourth-order valence-corrected chi connectivity index (χ4v) is 3.05. The predicted octanol–water partition coefficient (Wildman–Crippen LogP) is 4.38. The smallest absolute Gasteiger partial charge is 0.165 e. The maximum atomic E-state index is 5.52. The highest BCUT2D eigenvalue weighted by Gasteiger charge is 2.13. The summed E-state index contributed by atoms with van der Waals surface area (Å²) in [5.74, 6) is 2.39. The van der Waals surface area contributed by atoms with Gasteiger partial charge in [0.25, 0.3) is 0 Å². The van der Waals surface area contributed by atoms with E-state index in [0.717, 1.165) is 32.9 Å². The molecular formula is C18H17BrN2O2. The molecule has 5 heteroatoms. The molecule has 1 aromatic heterocycles. The molecule has 0 saturated heterocycles. The number of rotatable bonds is 5. The molecule has 0 bridgehead atoms. The average molecular weight is 373 g/mol. The Bertz CT molecular complexity index is 814. The van der Waals surface area contributed by atoms with E-state index in [1.54, 1.807) is 20.4 Å². The summed E-state index contributed by atoms with van der Waals surface area (Å²) < 4.78 is 14.0. The third kappa shape index (κ3) is 3.10. The number of hydrogen-bond acceptors (Lipinski definition) is 3. The van der Waals surface area contributed by atoms with E-state index in [2.05, 4.69) is 25.5 Å². The van der Waals surface area contributed by atoms with Gasteiger partial charge in [0.1, 0.15) is 5.82 Å². The van der Waals surface area contributed by atoms with Crippen LogP contribution in [0.2, 0.25) is 0 Å². The van der Waals surface area contributed by atoms with Gasteiger partial charge >= 0.3 is 0 Å². The van der Waals surface area contributed by atoms with Crippen LogP contribution in [0.1, 0.15) is 5.56 Å². The lowest BCUT2D eigenvalue weighted by Gasteiger charge is -2.14. The molecule has 0 unspecified atom stereocenters. The third-order valence-electron chi connectivity index (χ3n) is 3.66. The van der Waals surface area contributed by atoms with E-state index in [4.69, 9.17) is 9.47 Å². The monoisotopic (exact) mass is 372 g/mol. The summed E-state index contributed by atoms with van der Waals surface area (Å²) >= 11 is 3.59. The second kappa shape index (κ2) is 6.87. The lowest BCUT2D eigenvalue weighted by Crippen LogP contribution is -2.04. The first-order valence-electron chi connectivity index (χ1n) is 7.20. The van der Waals surface area contributed by atoms with Crippen molar-refractivity contribution in [3.8, 4) is 22.9 Å². The number of benzene rings is 2. The van der Waals surface area contributed by atoms with Gasteiger partial charge in [-0.05, 0) is 12.1 Å². The van der Waals surface area contributed by atoms with Gasteiger partial charge in [-0.3, -0.25) is 0 Å². The molecule has 0 aliphatic carbocycles. The molecule has 1 heterocycles. The molecule has 3 aromatic rings. The molecule has 0 radical (unpaired) electrons. The standard InChI is InChI=1S/C18H17BrN2O2/c1-22-16-9-5-6-13(17(16)23-2)12-21-11-10-20-18(21)14-7-3-4-8-15(14)19/h3-11H,12H2,1-2H3. The molecule has 0 aliphatic rings. The molecular weight excluding hydrogens is 356 g/mol. The van der Waals surface area contributed by atoms with Gasteiger partial charge in [-0.25, -0.2) is 4.98 Å². The molecule has 0 spiro atoms. The first-order chi connectivity index (χ1) is 11.2. The Morgan fingerprint density at radius 3 is 2.61 bits per heavy atom. The topological polar surface area (TPSA) is 36.3 Å². The van der Waals surface area contributed by atoms with Crippen molar-refractivity contribution in [3.05, 3.63) is 64.9 Å². The Morgan fingerprint density at radius 2 is 1.87 bits per heavy atom. The van der Waals surface area contributed by atoms with Crippen LogP contribution in [0, 0.1) is 0 Å². The van der Waals surface area contributed by atoms with Crippen LogP contribution >= 0.6 is 15.9 Å². The minimum absolute atomic E-state index is 0.650. The SMILES string of the molecule is COc1cccc(Cn2ccnc2-c2ccccc2Br)c1OC. The van der Waals surface area contributed by atoms with Gasteiger partial charge in [0.05, 0.1) is 20.8 Å². The van der Waals surface area contributed by atoms with Crippen LogP contribution in [-0.2, 0) is 6.54 Å². The number of aromatic nitrogens is 2. The summed E-state index contributed by atoms with van der Waals surface area (Å²) in [7, 11) is 3.30. The van der Waals surface area contributed by atoms with E-state index >= 15 is 0 Å². The molecule has 0 atom stereocenters. The van der Waals surface area contributed by atoms with E-state index < -0.39 is 0 Å². The molecule has 3 rings (SSSR count). The normalized spacial score (nSPS) is 10.6. The maximum absolute atomic E-state index is 5.52. The molecule has 0 amide bonds. The van der Waals surface area contributed by atoms with Crippen LogP contribution in [0.25, 0.3) is 11.4 Å².